The molecule has 0 heterocycles. The fraction of sp³-hybridized carbons (Fsp3) is 0.600. The summed E-state index contributed by atoms with van der Waals surface area (Å²) in [4.78, 5) is 0.611. The van der Waals surface area contributed by atoms with E-state index in [9.17, 15) is 5.11 Å². The molecule has 88 valence electrons. The molecule has 5 fully saturated rings. The Hall–Kier alpha value is -0.340. The normalized spacial score (nSPS) is 60.9. The van der Waals surface area contributed by atoms with Crippen molar-refractivity contribution in [1.82, 2.24) is 0 Å². The third kappa shape index (κ3) is 0.769. The highest BCUT2D eigenvalue weighted by atomic mass is 79.9. The molecule has 0 aliphatic heterocycles. The number of rotatable bonds is 1. The van der Waals surface area contributed by atoms with Gasteiger partial charge in [-0.2, -0.15) is 0 Å². The van der Waals surface area contributed by atoms with Crippen molar-refractivity contribution < 1.29 is 5.11 Å². The van der Waals surface area contributed by atoms with Crippen molar-refractivity contribution in [2.24, 2.45) is 29.6 Å². The van der Waals surface area contributed by atoms with Crippen LogP contribution in [0.25, 0.3) is 0 Å². The van der Waals surface area contributed by atoms with E-state index < -0.39 is 0 Å². The largest absolute Gasteiger partial charge is 0.393 e. The molecule has 0 saturated heterocycles. The summed E-state index contributed by atoms with van der Waals surface area (Å²) < 4.78 is 0. The molecule has 8 atom stereocenters. The first-order valence-corrected chi connectivity index (χ1v) is 7.57. The predicted molar refractivity (Wildman–Crippen MR) is 68.9 cm³/mol. The molecule has 0 radical (unpaired) electrons. The van der Waals surface area contributed by atoms with Crippen molar-refractivity contribution in [2.75, 3.05) is 0 Å². The Morgan fingerprint density at radius 1 is 1.12 bits per heavy atom. The summed E-state index contributed by atoms with van der Waals surface area (Å²) in [6.07, 6.45) is 1.05. The average molecular weight is 291 g/mol. The smallest absolute Gasteiger partial charge is 0.0577 e. The van der Waals surface area contributed by atoms with Crippen molar-refractivity contribution in [2.45, 2.75) is 22.8 Å². The molecule has 0 aromatic heterocycles. The molecule has 5 aliphatic rings. The molecule has 5 aliphatic carbocycles. The van der Waals surface area contributed by atoms with Crippen LogP contribution in [0.5, 0.6) is 0 Å². The van der Waals surface area contributed by atoms with Gasteiger partial charge in [0.15, 0.2) is 0 Å². The molecule has 6 bridgehead atoms. The summed E-state index contributed by atoms with van der Waals surface area (Å²) in [6, 6.07) is 11.0. The standard InChI is InChI=1S/C15H15BrO/c16-14-10-8-6-9(17)11(10)13-12(8)15(13,14)7-4-2-1-3-5-7/h1-5,8-14,17H,6H2/t8-,9-,10-,11+,12+,13-,14+,15+/m0/s1. The summed E-state index contributed by atoms with van der Waals surface area (Å²) in [5.74, 6) is 3.78. The number of alkyl halides is 1. The molecular weight excluding hydrogens is 276 g/mol. The van der Waals surface area contributed by atoms with E-state index in [1.807, 2.05) is 0 Å². The Labute approximate surface area is 109 Å². The Kier molecular flexibility index (Phi) is 1.49. The maximum atomic E-state index is 10.2. The fourth-order valence-electron chi connectivity index (χ4n) is 6.01. The van der Waals surface area contributed by atoms with Gasteiger partial charge < -0.3 is 5.11 Å². The minimum Gasteiger partial charge on any atom is -0.393 e. The molecule has 1 nitrogen and oxygen atoms in total. The van der Waals surface area contributed by atoms with Crippen LogP contribution >= 0.6 is 15.9 Å². The second-order valence-electron chi connectivity index (χ2n) is 6.37. The molecule has 5 saturated carbocycles. The van der Waals surface area contributed by atoms with Crippen molar-refractivity contribution in [1.29, 1.82) is 0 Å². The summed E-state index contributed by atoms with van der Waals surface area (Å²) >= 11 is 3.98. The van der Waals surface area contributed by atoms with Gasteiger partial charge in [0.2, 0.25) is 0 Å². The molecule has 0 amide bonds. The lowest BCUT2D eigenvalue weighted by Gasteiger charge is -2.18. The van der Waals surface area contributed by atoms with Gasteiger partial charge in [-0.1, -0.05) is 46.3 Å². The van der Waals surface area contributed by atoms with E-state index >= 15 is 0 Å². The monoisotopic (exact) mass is 290 g/mol. The first-order valence-electron chi connectivity index (χ1n) is 6.65. The number of aliphatic hydroxyl groups is 1. The van der Waals surface area contributed by atoms with Gasteiger partial charge in [-0.05, 0) is 41.6 Å². The van der Waals surface area contributed by atoms with Crippen molar-refractivity contribution in [3.63, 3.8) is 0 Å². The molecule has 2 heteroatoms. The second-order valence-corrected chi connectivity index (χ2v) is 7.36. The lowest BCUT2D eigenvalue weighted by molar-refractivity contribution is 0.104. The molecule has 6 rings (SSSR count). The molecule has 1 aromatic rings. The predicted octanol–water partition coefficient (Wildman–Crippen LogP) is 2.57. The van der Waals surface area contributed by atoms with Gasteiger partial charge >= 0.3 is 0 Å². The Balaban J connectivity index is 1.70. The van der Waals surface area contributed by atoms with E-state index in [2.05, 4.69) is 46.3 Å². The van der Waals surface area contributed by atoms with Crippen LogP contribution in [0.4, 0.5) is 0 Å². The zero-order chi connectivity index (χ0) is 11.4. The summed E-state index contributed by atoms with van der Waals surface area (Å²) in [7, 11) is 0. The molecule has 0 unspecified atom stereocenters. The molecular formula is C15H15BrO. The van der Waals surface area contributed by atoms with Crippen LogP contribution in [0, 0.1) is 29.6 Å². The maximum absolute atomic E-state index is 10.2. The third-order valence-electron chi connectivity index (χ3n) is 6.22. The van der Waals surface area contributed by atoms with E-state index in [1.54, 1.807) is 0 Å². The molecule has 1 aromatic carbocycles. The van der Waals surface area contributed by atoms with Crippen LogP contribution in [-0.4, -0.2) is 16.0 Å². The number of hydrogen-bond acceptors (Lipinski definition) is 1. The van der Waals surface area contributed by atoms with E-state index in [1.165, 1.54) is 5.56 Å². The van der Waals surface area contributed by atoms with E-state index in [-0.39, 0.29) is 6.10 Å². The summed E-state index contributed by atoms with van der Waals surface area (Å²) in [5, 5.41) is 10.2. The summed E-state index contributed by atoms with van der Waals surface area (Å²) in [5.41, 5.74) is 1.90. The number of hydrogen-bond donors (Lipinski definition) is 1. The zero-order valence-electron chi connectivity index (χ0n) is 9.46. The van der Waals surface area contributed by atoms with Gasteiger partial charge in [-0.15, -0.1) is 0 Å². The highest BCUT2D eigenvalue weighted by Crippen LogP contribution is 2.88. The second kappa shape index (κ2) is 2.65. The maximum Gasteiger partial charge on any atom is 0.0577 e. The molecule has 1 N–H and O–H groups in total. The number of benzene rings is 1. The SMILES string of the molecule is O[C@H]1C[C@H]2[C@H]3[C@@H]1[C@H]1[C@@H]2[C@@]1(c1ccccc1)[C@@H]3Br. The van der Waals surface area contributed by atoms with Crippen LogP contribution in [-0.2, 0) is 5.41 Å². The third-order valence-corrected chi connectivity index (χ3v) is 7.59. The van der Waals surface area contributed by atoms with E-state index in [0.29, 0.717) is 16.2 Å². The van der Waals surface area contributed by atoms with Gasteiger partial charge in [0.1, 0.15) is 0 Å². The lowest BCUT2D eigenvalue weighted by Crippen LogP contribution is -2.20. The number of halogens is 1. The van der Waals surface area contributed by atoms with Gasteiger partial charge in [-0.25, -0.2) is 0 Å². The van der Waals surface area contributed by atoms with Gasteiger partial charge in [0.05, 0.1) is 6.10 Å². The van der Waals surface area contributed by atoms with Crippen LogP contribution in [0.1, 0.15) is 12.0 Å². The van der Waals surface area contributed by atoms with Crippen LogP contribution in [0.3, 0.4) is 0 Å². The van der Waals surface area contributed by atoms with Gasteiger partial charge in [-0.3, -0.25) is 0 Å². The minimum atomic E-state index is -0.0145. The lowest BCUT2D eigenvalue weighted by atomic mass is 9.93. The van der Waals surface area contributed by atoms with Crippen molar-refractivity contribution in [3.8, 4) is 0 Å². The van der Waals surface area contributed by atoms with Crippen molar-refractivity contribution in [3.05, 3.63) is 35.9 Å². The van der Waals surface area contributed by atoms with Gasteiger partial charge in [0.25, 0.3) is 0 Å². The highest BCUT2D eigenvalue weighted by Gasteiger charge is 2.89. The average Bonchev–Trinajstić information content (AvgIpc) is 2.56. The van der Waals surface area contributed by atoms with Crippen molar-refractivity contribution >= 4 is 15.9 Å². The Morgan fingerprint density at radius 3 is 2.53 bits per heavy atom. The Bertz CT molecular complexity index is 497. The Morgan fingerprint density at radius 2 is 1.88 bits per heavy atom. The molecule has 0 spiro atoms. The first kappa shape index (κ1) is 9.57. The first-order chi connectivity index (χ1) is 8.28. The molecule has 17 heavy (non-hydrogen) atoms. The quantitative estimate of drug-likeness (QED) is 0.789. The van der Waals surface area contributed by atoms with E-state index in [4.69, 9.17) is 0 Å². The number of aliphatic hydroxyl groups excluding tert-OH is 1. The highest BCUT2D eigenvalue weighted by molar-refractivity contribution is 9.09. The summed E-state index contributed by atoms with van der Waals surface area (Å²) in [6.45, 7) is 0. The van der Waals surface area contributed by atoms with E-state index in [0.717, 1.165) is 30.1 Å². The minimum absolute atomic E-state index is 0.0145. The zero-order valence-corrected chi connectivity index (χ0v) is 11.0. The topological polar surface area (TPSA) is 20.2 Å². The fourth-order valence-corrected chi connectivity index (χ4v) is 7.63. The van der Waals surface area contributed by atoms with Crippen LogP contribution in [0.15, 0.2) is 30.3 Å². The van der Waals surface area contributed by atoms with Gasteiger partial charge in [0, 0.05) is 10.2 Å². The van der Waals surface area contributed by atoms with Crippen LogP contribution in [0.2, 0.25) is 0 Å². The van der Waals surface area contributed by atoms with Crippen LogP contribution < -0.4 is 0 Å².